The summed E-state index contributed by atoms with van der Waals surface area (Å²) in [6.07, 6.45) is 6.01. The molecular formula is C27H35N3O3S. The molecule has 2 heterocycles. The molecule has 34 heavy (non-hydrogen) atoms. The molecule has 3 aromatic rings. The van der Waals surface area contributed by atoms with Gasteiger partial charge in [0.2, 0.25) is 0 Å². The number of thiophene rings is 1. The summed E-state index contributed by atoms with van der Waals surface area (Å²) in [5.74, 6) is 0.403. The minimum absolute atomic E-state index is 0.167. The largest absolute Gasteiger partial charge is 0.480 e. The van der Waals surface area contributed by atoms with Crippen molar-refractivity contribution in [2.24, 2.45) is 11.8 Å². The molecule has 1 fully saturated rings. The minimum atomic E-state index is -1.01. The quantitative estimate of drug-likeness (QED) is 0.415. The zero-order chi connectivity index (χ0) is 24.4. The lowest BCUT2D eigenvalue weighted by molar-refractivity contribution is -0.139. The van der Waals surface area contributed by atoms with Crippen molar-refractivity contribution in [2.75, 3.05) is 0 Å². The highest BCUT2D eigenvalue weighted by Gasteiger charge is 2.28. The van der Waals surface area contributed by atoms with E-state index in [2.05, 4.69) is 35.9 Å². The number of imidazole rings is 1. The van der Waals surface area contributed by atoms with Crippen molar-refractivity contribution in [3.63, 3.8) is 0 Å². The molecule has 6 nitrogen and oxygen atoms in total. The van der Waals surface area contributed by atoms with E-state index in [4.69, 9.17) is 4.98 Å². The van der Waals surface area contributed by atoms with Crippen LogP contribution >= 0.6 is 11.3 Å². The van der Waals surface area contributed by atoms with Crippen LogP contribution in [-0.2, 0) is 11.2 Å². The van der Waals surface area contributed by atoms with Gasteiger partial charge in [0, 0.05) is 27.8 Å². The number of fused-ring (bicyclic) bond motifs is 1. The van der Waals surface area contributed by atoms with Crippen molar-refractivity contribution in [1.82, 2.24) is 14.9 Å². The summed E-state index contributed by atoms with van der Waals surface area (Å²) < 4.78 is 2.41. The van der Waals surface area contributed by atoms with Crippen LogP contribution in [-0.4, -0.2) is 32.6 Å². The number of amides is 1. The van der Waals surface area contributed by atoms with Crippen LogP contribution in [0.5, 0.6) is 0 Å². The molecule has 3 unspecified atom stereocenters. The van der Waals surface area contributed by atoms with Crippen molar-refractivity contribution in [2.45, 2.75) is 78.3 Å². The number of carboxylic acid groups (broad SMARTS) is 1. The maximum Gasteiger partial charge on any atom is 0.326 e. The summed E-state index contributed by atoms with van der Waals surface area (Å²) in [7, 11) is 0. The molecule has 182 valence electrons. The Morgan fingerprint density at radius 1 is 1.21 bits per heavy atom. The molecule has 0 radical (unpaired) electrons. The number of aryl methyl sites for hydroxylation is 1. The maximum atomic E-state index is 12.9. The Bertz CT molecular complexity index is 1180. The van der Waals surface area contributed by atoms with Crippen LogP contribution in [0.3, 0.4) is 0 Å². The Balaban J connectivity index is 1.69. The smallest absolute Gasteiger partial charge is 0.326 e. The van der Waals surface area contributed by atoms with Gasteiger partial charge in [-0.3, -0.25) is 4.79 Å². The van der Waals surface area contributed by atoms with Crippen molar-refractivity contribution < 1.29 is 14.7 Å². The monoisotopic (exact) mass is 481 g/mol. The number of benzene rings is 1. The van der Waals surface area contributed by atoms with E-state index < -0.39 is 12.0 Å². The number of nitrogens with zero attached hydrogens (tertiary/aromatic N) is 2. The SMILES string of the molecule is Cc1ccc(Cc2nc3cc(C(=O)NC(CC(C)C)C(=O)O)ccc3n2C2CCCCC2C)s1. The number of aromatic nitrogens is 2. The second-order valence-corrected chi connectivity index (χ2v) is 11.5. The number of rotatable bonds is 8. The predicted molar refractivity (Wildman–Crippen MR) is 137 cm³/mol. The molecule has 4 rings (SSSR count). The molecule has 3 atom stereocenters. The van der Waals surface area contributed by atoms with Crippen LogP contribution in [0, 0.1) is 18.8 Å². The first-order valence-electron chi connectivity index (χ1n) is 12.3. The van der Waals surface area contributed by atoms with Gasteiger partial charge in [0.15, 0.2) is 0 Å². The number of carboxylic acids is 1. The summed E-state index contributed by atoms with van der Waals surface area (Å²) in [6.45, 7) is 8.35. The van der Waals surface area contributed by atoms with E-state index in [1.165, 1.54) is 29.0 Å². The topological polar surface area (TPSA) is 84.2 Å². The van der Waals surface area contributed by atoms with Gasteiger partial charge >= 0.3 is 5.97 Å². The highest BCUT2D eigenvalue weighted by molar-refractivity contribution is 7.11. The van der Waals surface area contributed by atoms with E-state index in [1.54, 1.807) is 17.4 Å². The van der Waals surface area contributed by atoms with E-state index in [9.17, 15) is 14.7 Å². The van der Waals surface area contributed by atoms with Gasteiger partial charge in [0.1, 0.15) is 11.9 Å². The van der Waals surface area contributed by atoms with Crippen LogP contribution in [0.1, 0.15) is 84.9 Å². The Morgan fingerprint density at radius 2 is 1.97 bits per heavy atom. The lowest BCUT2D eigenvalue weighted by Gasteiger charge is -2.31. The molecule has 0 bridgehead atoms. The van der Waals surface area contributed by atoms with Gasteiger partial charge in [0.25, 0.3) is 5.91 Å². The van der Waals surface area contributed by atoms with Crippen molar-refractivity contribution in [1.29, 1.82) is 0 Å². The van der Waals surface area contributed by atoms with Gasteiger partial charge in [0.05, 0.1) is 11.0 Å². The molecule has 0 spiro atoms. The standard InChI is InChI=1S/C27H35N3O3S/c1-16(2)13-22(27(32)33)29-26(31)19-10-12-24-21(14-19)28-25(15-20-11-9-18(4)34-20)30(24)23-8-6-5-7-17(23)3/h9-12,14,16-17,22-23H,5-8,13,15H2,1-4H3,(H,29,31)(H,32,33). The number of hydrogen-bond donors (Lipinski definition) is 2. The molecule has 1 amide bonds. The predicted octanol–water partition coefficient (Wildman–Crippen LogP) is 5.98. The minimum Gasteiger partial charge on any atom is -0.480 e. The summed E-state index contributed by atoms with van der Waals surface area (Å²) in [5.41, 5.74) is 2.29. The summed E-state index contributed by atoms with van der Waals surface area (Å²) >= 11 is 1.80. The second-order valence-electron chi connectivity index (χ2n) is 10.1. The molecule has 1 saturated carbocycles. The van der Waals surface area contributed by atoms with Crippen LogP contribution in [0.15, 0.2) is 30.3 Å². The molecular weight excluding hydrogens is 446 g/mol. The first kappa shape index (κ1) is 24.5. The highest BCUT2D eigenvalue weighted by atomic mass is 32.1. The van der Waals surface area contributed by atoms with Crippen molar-refractivity contribution in [3.05, 3.63) is 51.5 Å². The number of carbonyl (C=O) groups excluding carboxylic acids is 1. The van der Waals surface area contributed by atoms with E-state index in [1.807, 2.05) is 26.0 Å². The molecule has 0 aliphatic heterocycles. The Morgan fingerprint density at radius 3 is 2.62 bits per heavy atom. The number of nitrogens with one attached hydrogen (secondary N) is 1. The zero-order valence-corrected chi connectivity index (χ0v) is 21.3. The van der Waals surface area contributed by atoms with Gasteiger partial charge in [-0.1, -0.05) is 33.6 Å². The lowest BCUT2D eigenvalue weighted by atomic mass is 9.85. The fourth-order valence-electron chi connectivity index (χ4n) is 5.14. The van der Waals surface area contributed by atoms with Crippen LogP contribution < -0.4 is 5.32 Å². The Hall–Kier alpha value is -2.67. The van der Waals surface area contributed by atoms with E-state index in [0.29, 0.717) is 23.9 Å². The van der Waals surface area contributed by atoms with Gasteiger partial charge in [-0.25, -0.2) is 9.78 Å². The number of aliphatic carboxylic acids is 1. The normalized spacial score (nSPS) is 19.4. The van der Waals surface area contributed by atoms with Crippen molar-refractivity contribution >= 4 is 34.2 Å². The summed E-state index contributed by atoms with van der Waals surface area (Å²) in [6, 6.07) is 9.42. The molecule has 7 heteroatoms. The van der Waals surface area contributed by atoms with Crippen molar-refractivity contribution in [3.8, 4) is 0 Å². The third-order valence-electron chi connectivity index (χ3n) is 6.86. The molecule has 1 aliphatic rings. The molecule has 2 N–H and O–H groups in total. The third-order valence-corrected chi connectivity index (χ3v) is 7.86. The Labute approximate surface area is 205 Å². The van der Waals surface area contributed by atoms with Crippen LogP contribution in [0.4, 0.5) is 0 Å². The maximum absolute atomic E-state index is 12.9. The van der Waals surface area contributed by atoms with Gasteiger partial charge in [-0.05, 0) is 68.4 Å². The number of carbonyl (C=O) groups is 2. The Kier molecular flexibility index (Phi) is 7.41. The molecule has 1 aliphatic carbocycles. The van der Waals surface area contributed by atoms with E-state index >= 15 is 0 Å². The molecule has 1 aromatic carbocycles. The van der Waals surface area contributed by atoms with Crippen LogP contribution in [0.2, 0.25) is 0 Å². The summed E-state index contributed by atoms with van der Waals surface area (Å²) in [5, 5.41) is 12.2. The van der Waals surface area contributed by atoms with E-state index in [0.717, 1.165) is 29.7 Å². The lowest BCUT2D eigenvalue weighted by Crippen LogP contribution is -2.41. The fourth-order valence-corrected chi connectivity index (χ4v) is 6.02. The van der Waals surface area contributed by atoms with Gasteiger partial charge < -0.3 is 15.0 Å². The average molecular weight is 482 g/mol. The van der Waals surface area contributed by atoms with Gasteiger partial charge in [-0.2, -0.15) is 0 Å². The fraction of sp³-hybridized carbons (Fsp3) is 0.519. The summed E-state index contributed by atoms with van der Waals surface area (Å²) in [4.78, 5) is 32.1. The molecule has 2 aromatic heterocycles. The first-order valence-corrected chi connectivity index (χ1v) is 13.1. The van der Waals surface area contributed by atoms with Gasteiger partial charge in [-0.15, -0.1) is 11.3 Å². The first-order chi connectivity index (χ1) is 16.2. The molecule has 0 saturated heterocycles. The second kappa shape index (κ2) is 10.3. The third kappa shape index (κ3) is 5.35. The zero-order valence-electron chi connectivity index (χ0n) is 20.5. The number of hydrogen-bond acceptors (Lipinski definition) is 4. The van der Waals surface area contributed by atoms with Crippen LogP contribution in [0.25, 0.3) is 11.0 Å². The highest BCUT2D eigenvalue weighted by Crippen LogP contribution is 2.37. The van der Waals surface area contributed by atoms with E-state index in [-0.39, 0.29) is 11.8 Å². The average Bonchev–Trinajstić information content (AvgIpc) is 3.35.